The van der Waals surface area contributed by atoms with E-state index in [4.69, 9.17) is 22.1 Å². The zero-order valence-electron chi connectivity index (χ0n) is 20.7. The second-order valence-electron chi connectivity index (χ2n) is 8.23. The van der Waals surface area contributed by atoms with E-state index in [1.807, 2.05) is 10.8 Å². The topological polar surface area (TPSA) is 184 Å². The molecule has 0 aliphatic rings. The van der Waals surface area contributed by atoms with E-state index in [1.54, 1.807) is 24.4 Å². The second kappa shape index (κ2) is 12.6. The van der Waals surface area contributed by atoms with Gasteiger partial charge in [-0.25, -0.2) is 18.1 Å². The number of hydrogen-bond acceptors (Lipinski definition) is 9. The third kappa shape index (κ3) is 7.81. The van der Waals surface area contributed by atoms with Crippen LogP contribution in [0.5, 0.6) is 5.75 Å². The van der Waals surface area contributed by atoms with Gasteiger partial charge in [0.2, 0.25) is 15.8 Å². The number of benzene rings is 1. The monoisotopic (exact) mass is 565 g/mol. The molecule has 15 heteroatoms. The summed E-state index contributed by atoms with van der Waals surface area (Å²) in [6, 6.07) is 7.88. The number of sulfonamides is 1. The molecule has 0 spiro atoms. The van der Waals surface area contributed by atoms with Gasteiger partial charge >= 0.3 is 5.69 Å². The van der Waals surface area contributed by atoms with Gasteiger partial charge in [-0.1, -0.05) is 11.6 Å². The molecule has 13 nitrogen and oxygen atoms in total. The van der Waals surface area contributed by atoms with E-state index < -0.39 is 14.9 Å². The predicted octanol–water partition coefficient (Wildman–Crippen LogP) is 2.48. The van der Waals surface area contributed by atoms with Crippen molar-refractivity contribution >= 4 is 44.9 Å². The number of nitrogens with two attached hydrogens (primary N) is 1. The number of hydrogen-bond donors (Lipinski definition) is 4. The SMILES string of the molecule is COc1cc(Cl)ccc1-c1cn(CCCNc2ccc([N+](=O)[O-])c(N)n2)cc1C(=O)NCCNS(C)(=O)=O. The van der Waals surface area contributed by atoms with E-state index in [-0.39, 0.29) is 30.5 Å². The third-order valence-corrected chi connectivity index (χ3v) is 6.32. The second-order valence-corrected chi connectivity index (χ2v) is 10.5. The summed E-state index contributed by atoms with van der Waals surface area (Å²) < 4.78 is 32.2. The third-order valence-electron chi connectivity index (χ3n) is 5.35. The van der Waals surface area contributed by atoms with Crippen LogP contribution in [0, 0.1) is 10.1 Å². The Hall–Kier alpha value is -3.88. The number of pyridine rings is 1. The molecule has 0 bridgehead atoms. The van der Waals surface area contributed by atoms with Crippen molar-refractivity contribution in [2.75, 3.05) is 44.1 Å². The Balaban J connectivity index is 1.73. The van der Waals surface area contributed by atoms with Crippen molar-refractivity contribution in [1.29, 1.82) is 0 Å². The molecular weight excluding hydrogens is 538 g/mol. The zero-order valence-corrected chi connectivity index (χ0v) is 22.3. The number of carbonyl (C=O) groups excluding carboxylic acids is 1. The van der Waals surface area contributed by atoms with Crippen molar-refractivity contribution in [2.24, 2.45) is 0 Å². The van der Waals surface area contributed by atoms with Gasteiger partial charge < -0.3 is 25.7 Å². The minimum Gasteiger partial charge on any atom is -0.496 e. The molecule has 0 radical (unpaired) electrons. The maximum Gasteiger partial charge on any atom is 0.311 e. The van der Waals surface area contributed by atoms with Crippen molar-refractivity contribution in [3.8, 4) is 16.9 Å². The van der Waals surface area contributed by atoms with Crippen LogP contribution in [0.2, 0.25) is 5.02 Å². The Bertz CT molecular complexity index is 1430. The van der Waals surface area contributed by atoms with Crippen LogP contribution < -0.4 is 25.8 Å². The average molecular weight is 566 g/mol. The lowest BCUT2D eigenvalue weighted by molar-refractivity contribution is -0.384. The number of methoxy groups -OCH3 is 1. The summed E-state index contributed by atoms with van der Waals surface area (Å²) in [7, 11) is -1.86. The highest BCUT2D eigenvalue weighted by molar-refractivity contribution is 7.88. The molecule has 2 heterocycles. The Morgan fingerprint density at radius 2 is 1.95 bits per heavy atom. The van der Waals surface area contributed by atoms with Gasteiger partial charge in [-0.15, -0.1) is 0 Å². The largest absolute Gasteiger partial charge is 0.496 e. The summed E-state index contributed by atoms with van der Waals surface area (Å²) in [5, 5.41) is 17.2. The molecule has 0 fully saturated rings. The quantitative estimate of drug-likeness (QED) is 0.137. The van der Waals surface area contributed by atoms with Crippen LogP contribution in [-0.2, 0) is 16.6 Å². The smallest absolute Gasteiger partial charge is 0.311 e. The zero-order chi connectivity index (χ0) is 27.9. The minimum atomic E-state index is -3.37. The van der Waals surface area contributed by atoms with Gasteiger partial charge in [-0.05, 0) is 30.7 Å². The first-order chi connectivity index (χ1) is 18.0. The lowest BCUT2D eigenvalue weighted by atomic mass is 10.0. The number of nitrogen functional groups attached to an aromatic ring is 1. The number of nitrogens with zero attached hydrogens (tertiary/aromatic N) is 3. The maximum atomic E-state index is 13.0. The molecular formula is C23H28ClN7O6S. The maximum absolute atomic E-state index is 13.0. The van der Waals surface area contributed by atoms with Crippen LogP contribution in [0.3, 0.4) is 0 Å². The summed E-state index contributed by atoms with van der Waals surface area (Å²) in [5.74, 6) is 0.352. The number of nitro groups is 1. The Morgan fingerprint density at radius 3 is 2.61 bits per heavy atom. The Morgan fingerprint density at radius 1 is 1.18 bits per heavy atom. The van der Waals surface area contributed by atoms with E-state index in [2.05, 4.69) is 20.3 Å². The molecule has 38 heavy (non-hydrogen) atoms. The molecule has 0 atom stereocenters. The van der Waals surface area contributed by atoms with E-state index in [9.17, 15) is 23.3 Å². The average Bonchev–Trinajstić information content (AvgIpc) is 3.27. The van der Waals surface area contributed by atoms with E-state index in [1.165, 1.54) is 19.2 Å². The molecule has 3 aromatic rings. The minimum absolute atomic E-state index is 0.0533. The Kier molecular flexibility index (Phi) is 9.50. The standard InChI is InChI=1S/C23H28ClN7O6S/c1-37-20-12-15(24)4-5-16(20)17-13-30(14-18(17)23(32)27-9-10-28-38(2,35)36)11-3-8-26-21-7-6-19(31(33)34)22(25)29-21/h4-7,12-14,28H,3,8-11H2,1-2H3,(H,27,32)(H3,25,26,29). The van der Waals surface area contributed by atoms with E-state index in [0.29, 0.717) is 52.8 Å². The lowest BCUT2D eigenvalue weighted by Crippen LogP contribution is -2.34. The van der Waals surface area contributed by atoms with Crippen LogP contribution in [-0.4, -0.2) is 61.8 Å². The van der Waals surface area contributed by atoms with Crippen LogP contribution in [0.1, 0.15) is 16.8 Å². The number of amides is 1. The molecule has 3 rings (SSSR count). The fourth-order valence-corrected chi connectivity index (χ4v) is 4.26. The number of rotatable bonds is 13. The highest BCUT2D eigenvalue weighted by atomic mass is 35.5. The van der Waals surface area contributed by atoms with Crippen LogP contribution >= 0.6 is 11.6 Å². The lowest BCUT2D eigenvalue weighted by Gasteiger charge is -2.10. The van der Waals surface area contributed by atoms with E-state index in [0.717, 1.165) is 6.26 Å². The molecule has 0 saturated carbocycles. The van der Waals surface area contributed by atoms with Gasteiger partial charge in [0, 0.05) is 60.8 Å². The summed E-state index contributed by atoms with van der Waals surface area (Å²) in [5.41, 5.74) is 7.03. The van der Waals surface area contributed by atoms with Gasteiger partial charge in [-0.3, -0.25) is 14.9 Å². The van der Waals surface area contributed by atoms with Crippen LogP contribution in [0.4, 0.5) is 17.3 Å². The number of aryl methyl sites for hydroxylation is 1. The predicted molar refractivity (Wildman–Crippen MR) is 145 cm³/mol. The number of carbonyl (C=O) groups is 1. The van der Waals surface area contributed by atoms with Gasteiger partial charge in [0.05, 0.1) is 23.9 Å². The molecule has 204 valence electrons. The van der Waals surface area contributed by atoms with Gasteiger partial charge in [-0.2, -0.15) is 0 Å². The summed E-state index contributed by atoms with van der Waals surface area (Å²) in [4.78, 5) is 27.3. The summed E-state index contributed by atoms with van der Waals surface area (Å²) in [6.07, 6.45) is 5.19. The van der Waals surface area contributed by atoms with Crippen LogP contribution in [0.15, 0.2) is 42.7 Å². The highest BCUT2D eigenvalue weighted by Crippen LogP contribution is 2.35. The first kappa shape index (κ1) is 28.7. The summed E-state index contributed by atoms with van der Waals surface area (Å²) >= 11 is 6.11. The first-order valence-electron chi connectivity index (χ1n) is 11.4. The fraction of sp³-hybridized carbons (Fsp3) is 0.304. The van der Waals surface area contributed by atoms with Gasteiger partial charge in [0.15, 0.2) is 0 Å². The molecule has 1 amide bonds. The van der Waals surface area contributed by atoms with Crippen LogP contribution in [0.25, 0.3) is 11.1 Å². The Labute approximate surface area is 224 Å². The molecule has 0 unspecified atom stereocenters. The van der Waals surface area contributed by atoms with Crippen molar-refractivity contribution in [2.45, 2.75) is 13.0 Å². The number of nitrogens with one attached hydrogen (secondary N) is 3. The number of ether oxygens (including phenoxy) is 1. The number of aromatic nitrogens is 2. The van der Waals surface area contributed by atoms with Crippen molar-refractivity contribution < 1.29 is 22.9 Å². The van der Waals surface area contributed by atoms with Crippen molar-refractivity contribution in [3.63, 3.8) is 0 Å². The number of anilines is 2. The van der Waals surface area contributed by atoms with E-state index >= 15 is 0 Å². The number of halogens is 1. The fourth-order valence-electron chi connectivity index (χ4n) is 3.63. The van der Waals surface area contributed by atoms with Crippen molar-refractivity contribution in [3.05, 3.63) is 63.4 Å². The molecule has 2 aromatic heterocycles. The molecule has 0 saturated heterocycles. The summed E-state index contributed by atoms with van der Waals surface area (Å²) in [6.45, 7) is 1.17. The van der Waals surface area contributed by atoms with Crippen molar-refractivity contribution in [1.82, 2.24) is 19.6 Å². The molecule has 0 aliphatic heterocycles. The highest BCUT2D eigenvalue weighted by Gasteiger charge is 2.19. The molecule has 5 N–H and O–H groups in total. The van der Waals surface area contributed by atoms with Gasteiger partial charge in [0.1, 0.15) is 11.6 Å². The first-order valence-corrected chi connectivity index (χ1v) is 13.7. The molecule has 1 aromatic carbocycles. The molecule has 0 aliphatic carbocycles. The normalized spacial score (nSPS) is 11.2. The van der Waals surface area contributed by atoms with Gasteiger partial charge in [0.25, 0.3) is 5.91 Å².